The second kappa shape index (κ2) is 5.68. The van der Waals surface area contributed by atoms with Gasteiger partial charge in [-0.15, -0.1) is 13.2 Å². The zero-order chi connectivity index (χ0) is 15.5. The van der Waals surface area contributed by atoms with Gasteiger partial charge in [0.25, 0.3) is 0 Å². The number of phenols is 1. The van der Waals surface area contributed by atoms with E-state index in [4.69, 9.17) is 0 Å². The van der Waals surface area contributed by atoms with E-state index in [1.807, 2.05) is 0 Å². The van der Waals surface area contributed by atoms with Gasteiger partial charge in [0.1, 0.15) is 16.9 Å². The highest BCUT2D eigenvalue weighted by molar-refractivity contribution is 6.00. The number of phenolic OH excluding ortho intramolecular Hbond substituents is 1. The Morgan fingerprint density at radius 2 is 1.45 bits per heavy atom. The third-order valence-electron chi connectivity index (χ3n) is 2.10. The lowest BCUT2D eigenvalue weighted by Gasteiger charge is -2.15. The molecule has 0 atom stereocenters. The molecule has 9 heteroatoms. The number of carbonyl (C=O) groups excluding carboxylic acids is 2. The number of esters is 2. The van der Waals surface area contributed by atoms with Gasteiger partial charge < -0.3 is 19.3 Å². The molecule has 0 saturated carbocycles. The van der Waals surface area contributed by atoms with Crippen molar-refractivity contribution in [3.8, 4) is 11.5 Å². The molecule has 0 aliphatic rings. The van der Waals surface area contributed by atoms with Gasteiger partial charge in [-0.1, -0.05) is 0 Å². The molecule has 0 unspecified atom stereocenters. The van der Waals surface area contributed by atoms with E-state index in [1.54, 1.807) is 0 Å². The molecule has 0 heterocycles. The molecule has 0 aliphatic carbocycles. The van der Waals surface area contributed by atoms with Crippen molar-refractivity contribution in [2.24, 2.45) is 0 Å². The predicted octanol–water partition coefficient (Wildman–Crippen LogP) is 1.86. The Kier molecular flexibility index (Phi) is 4.43. The van der Waals surface area contributed by atoms with Crippen LogP contribution < -0.4 is 4.74 Å². The highest BCUT2D eigenvalue weighted by Crippen LogP contribution is 2.34. The topological polar surface area (TPSA) is 82.1 Å². The largest absolute Gasteiger partial charge is 0.573 e. The number of rotatable bonds is 3. The number of benzene rings is 1. The molecular formula is C11H9F3O6. The summed E-state index contributed by atoms with van der Waals surface area (Å²) in [6.45, 7) is 0. The van der Waals surface area contributed by atoms with Crippen molar-refractivity contribution in [1.82, 2.24) is 0 Å². The van der Waals surface area contributed by atoms with E-state index < -0.39 is 40.9 Å². The lowest BCUT2D eigenvalue weighted by atomic mass is 10.1. The molecule has 0 aromatic heterocycles. The van der Waals surface area contributed by atoms with Crippen LogP contribution >= 0.6 is 0 Å². The normalized spacial score (nSPS) is 10.8. The number of methoxy groups -OCH3 is 2. The molecule has 0 saturated heterocycles. The maximum atomic E-state index is 12.3. The first kappa shape index (κ1) is 15.6. The summed E-state index contributed by atoms with van der Waals surface area (Å²) in [5.74, 6) is -4.16. The average Bonchev–Trinajstić information content (AvgIpc) is 2.36. The summed E-state index contributed by atoms with van der Waals surface area (Å²) in [5, 5.41) is 9.35. The number of ether oxygens (including phenoxy) is 3. The van der Waals surface area contributed by atoms with Crippen LogP contribution in [0.5, 0.6) is 11.5 Å². The first-order valence-electron chi connectivity index (χ1n) is 4.99. The minimum absolute atomic E-state index is 0.625. The monoisotopic (exact) mass is 294 g/mol. The zero-order valence-corrected chi connectivity index (χ0v) is 10.3. The van der Waals surface area contributed by atoms with Gasteiger partial charge in [-0.05, 0) is 12.1 Å². The minimum Gasteiger partial charge on any atom is -0.508 e. The van der Waals surface area contributed by atoms with Crippen molar-refractivity contribution in [2.75, 3.05) is 14.2 Å². The lowest BCUT2D eigenvalue weighted by Crippen LogP contribution is -2.22. The lowest BCUT2D eigenvalue weighted by molar-refractivity contribution is -0.274. The molecule has 0 bridgehead atoms. The summed E-state index contributed by atoms with van der Waals surface area (Å²) in [4.78, 5) is 22.8. The number of carbonyl (C=O) groups is 2. The van der Waals surface area contributed by atoms with Crippen LogP contribution in [-0.2, 0) is 9.47 Å². The van der Waals surface area contributed by atoms with Crippen molar-refractivity contribution in [2.45, 2.75) is 6.36 Å². The number of hydrogen-bond donors (Lipinski definition) is 1. The summed E-state index contributed by atoms with van der Waals surface area (Å²) >= 11 is 0. The zero-order valence-electron chi connectivity index (χ0n) is 10.3. The molecule has 1 rings (SSSR count). The van der Waals surface area contributed by atoms with E-state index >= 15 is 0 Å². The van der Waals surface area contributed by atoms with Gasteiger partial charge in [-0.3, -0.25) is 0 Å². The Bertz CT molecular complexity index is 500. The molecule has 0 radical (unpaired) electrons. The quantitative estimate of drug-likeness (QED) is 0.857. The minimum atomic E-state index is -5.15. The fourth-order valence-electron chi connectivity index (χ4n) is 1.36. The van der Waals surface area contributed by atoms with Crippen LogP contribution in [0, 0.1) is 0 Å². The molecule has 1 aromatic rings. The van der Waals surface area contributed by atoms with Crippen LogP contribution in [0.25, 0.3) is 0 Å². The van der Waals surface area contributed by atoms with Crippen LogP contribution in [0.15, 0.2) is 12.1 Å². The van der Waals surface area contributed by atoms with Crippen molar-refractivity contribution in [3.63, 3.8) is 0 Å². The Morgan fingerprint density at radius 3 is 1.75 bits per heavy atom. The third kappa shape index (κ3) is 3.53. The van der Waals surface area contributed by atoms with Gasteiger partial charge in [0, 0.05) is 0 Å². The Morgan fingerprint density at radius 1 is 1.05 bits per heavy atom. The summed E-state index contributed by atoms with van der Waals surface area (Å²) in [6.07, 6.45) is -5.15. The maximum absolute atomic E-state index is 12.3. The van der Waals surface area contributed by atoms with Crippen molar-refractivity contribution < 1.29 is 42.1 Å². The first-order valence-corrected chi connectivity index (χ1v) is 4.99. The summed E-state index contributed by atoms with van der Waals surface area (Å²) in [7, 11) is 1.84. The van der Waals surface area contributed by atoms with Crippen molar-refractivity contribution >= 4 is 11.9 Å². The van der Waals surface area contributed by atoms with Gasteiger partial charge in [0.2, 0.25) is 0 Å². The maximum Gasteiger partial charge on any atom is 0.573 e. The Balaban J connectivity index is 3.53. The van der Waals surface area contributed by atoms with Gasteiger partial charge in [0.15, 0.2) is 5.75 Å². The van der Waals surface area contributed by atoms with E-state index in [9.17, 15) is 27.9 Å². The predicted molar refractivity (Wildman–Crippen MR) is 57.5 cm³/mol. The van der Waals surface area contributed by atoms with Gasteiger partial charge in [-0.25, -0.2) is 9.59 Å². The van der Waals surface area contributed by atoms with E-state index in [0.29, 0.717) is 12.1 Å². The highest BCUT2D eigenvalue weighted by Gasteiger charge is 2.36. The van der Waals surface area contributed by atoms with Gasteiger partial charge in [-0.2, -0.15) is 0 Å². The average molecular weight is 294 g/mol. The van der Waals surface area contributed by atoms with Gasteiger partial charge in [0.05, 0.1) is 14.2 Å². The van der Waals surface area contributed by atoms with E-state index in [2.05, 4.69) is 14.2 Å². The van der Waals surface area contributed by atoms with Crippen LogP contribution in [0.2, 0.25) is 0 Å². The van der Waals surface area contributed by atoms with E-state index in [0.717, 1.165) is 14.2 Å². The van der Waals surface area contributed by atoms with Crippen LogP contribution in [0.4, 0.5) is 13.2 Å². The van der Waals surface area contributed by atoms with Crippen molar-refractivity contribution in [3.05, 3.63) is 23.3 Å². The molecule has 20 heavy (non-hydrogen) atoms. The van der Waals surface area contributed by atoms with Crippen LogP contribution in [0.1, 0.15) is 20.7 Å². The van der Waals surface area contributed by atoms with Crippen LogP contribution in [-0.4, -0.2) is 37.6 Å². The summed E-state index contributed by atoms with van der Waals surface area (Å²) in [5.41, 5.74) is -1.52. The van der Waals surface area contributed by atoms with Gasteiger partial charge >= 0.3 is 18.3 Å². The molecule has 1 aromatic carbocycles. The fourth-order valence-corrected chi connectivity index (χ4v) is 1.36. The highest BCUT2D eigenvalue weighted by atomic mass is 19.4. The summed E-state index contributed by atoms with van der Waals surface area (Å²) in [6, 6.07) is 1.36. The smallest absolute Gasteiger partial charge is 0.508 e. The number of halogens is 3. The molecule has 1 N–H and O–H groups in total. The van der Waals surface area contributed by atoms with Crippen LogP contribution in [0.3, 0.4) is 0 Å². The SMILES string of the molecule is COC(=O)c1cc(O)cc(C(=O)OC)c1OC(F)(F)F. The Labute approximate surface area is 110 Å². The number of hydrogen-bond acceptors (Lipinski definition) is 6. The van der Waals surface area contributed by atoms with E-state index in [1.165, 1.54) is 0 Å². The second-order valence-electron chi connectivity index (χ2n) is 3.40. The molecule has 6 nitrogen and oxygen atoms in total. The fraction of sp³-hybridized carbons (Fsp3) is 0.273. The molecule has 0 amide bonds. The first-order chi connectivity index (χ1) is 9.19. The number of aromatic hydroxyl groups is 1. The number of alkyl halides is 3. The molecular weight excluding hydrogens is 285 g/mol. The molecule has 0 aliphatic heterocycles. The Hall–Kier alpha value is -2.45. The second-order valence-corrected chi connectivity index (χ2v) is 3.40. The standard InChI is InChI=1S/C11H9F3O6/c1-18-9(16)6-3-5(15)4-7(10(17)19-2)8(6)20-11(12,13)14/h3-4,15H,1-2H3. The summed E-state index contributed by atoms with van der Waals surface area (Å²) < 4.78 is 49.2. The molecule has 110 valence electrons. The molecule has 0 spiro atoms. The van der Waals surface area contributed by atoms with Crippen molar-refractivity contribution in [1.29, 1.82) is 0 Å². The molecule has 0 fully saturated rings. The third-order valence-corrected chi connectivity index (χ3v) is 2.10. The van der Waals surface area contributed by atoms with E-state index in [-0.39, 0.29) is 0 Å².